The van der Waals surface area contributed by atoms with E-state index in [0.29, 0.717) is 12.2 Å². The summed E-state index contributed by atoms with van der Waals surface area (Å²) in [5.41, 5.74) is 1.65. The van der Waals surface area contributed by atoms with Crippen LogP contribution in [0.25, 0.3) is 0 Å². The molecule has 4 nitrogen and oxygen atoms in total. The van der Waals surface area contributed by atoms with Crippen molar-refractivity contribution < 1.29 is 19.4 Å². The average Bonchev–Trinajstić information content (AvgIpc) is 2.46. The van der Waals surface area contributed by atoms with Gasteiger partial charge in [0.05, 0.1) is 5.92 Å². The Balaban J connectivity index is 2.14. The van der Waals surface area contributed by atoms with Crippen molar-refractivity contribution in [1.82, 2.24) is 0 Å². The molecular weight excluding hydrogens is 268 g/mol. The van der Waals surface area contributed by atoms with Gasteiger partial charge >= 0.3 is 11.9 Å². The van der Waals surface area contributed by atoms with Crippen LogP contribution in [-0.4, -0.2) is 17.0 Å². The van der Waals surface area contributed by atoms with Crippen molar-refractivity contribution in [2.75, 3.05) is 0 Å². The van der Waals surface area contributed by atoms with Gasteiger partial charge in [-0.2, -0.15) is 0 Å². The number of hydrogen-bond donors (Lipinski definition) is 1. The van der Waals surface area contributed by atoms with Crippen LogP contribution in [0.4, 0.5) is 0 Å². The van der Waals surface area contributed by atoms with Gasteiger partial charge in [0.2, 0.25) is 0 Å². The molecular formula is C17H16O4. The number of rotatable bonds is 5. The van der Waals surface area contributed by atoms with Gasteiger partial charge in [-0.25, -0.2) is 0 Å². The summed E-state index contributed by atoms with van der Waals surface area (Å²) in [7, 11) is 0. The molecule has 21 heavy (non-hydrogen) atoms. The summed E-state index contributed by atoms with van der Waals surface area (Å²) in [4.78, 5) is 22.3. The third-order valence-corrected chi connectivity index (χ3v) is 3.12. The Kier molecular flexibility index (Phi) is 4.72. The standard InChI is InChI=1S/C17H16O4/c1-12(18)21-15-9-7-13(8-10-15)11-16(17(19)20)14-5-3-2-4-6-14/h2-10,16H,11H2,1H3,(H,19,20)/t16-/m0/s1. The number of hydrogen-bond acceptors (Lipinski definition) is 3. The molecule has 0 saturated heterocycles. The highest BCUT2D eigenvalue weighted by molar-refractivity contribution is 5.76. The lowest BCUT2D eigenvalue weighted by molar-refractivity contribution is -0.138. The Hall–Kier alpha value is -2.62. The van der Waals surface area contributed by atoms with E-state index in [1.807, 2.05) is 30.3 Å². The smallest absolute Gasteiger partial charge is 0.311 e. The molecule has 0 radical (unpaired) electrons. The topological polar surface area (TPSA) is 63.6 Å². The van der Waals surface area contributed by atoms with Gasteiger partial charge in [0, 0.05) is 6.92 Å². The van der Waals surface area contributed by atoms with Crippen molar-refractivity contribution in [1.29, 1.82) is 0 Å². The Labute approximate surface area is 123 Å². The molecule has 0 heterocycles. The molecule has 0 aliphatic heterocycles. The van der Waals surface area contributed by atoms with Gasteiger partial charge < -0.3 is 9.84 Å². The summed E-state index contributed by atoms with van der Waals surface area (Å²) >= 11 is 0. The zero-order valence-corrected chi connectivity index (χ0v) is 11.7. The van der Waals surface area contributed by atoms with E-state index in [9.17, 15) is 14.7 Å². The van der Waals surface area contributed by atoms with E-state index in [-0.39, 0.29) is 5.97 Å². The number of carbonyl (C=O) groups excluding carboxylic acids is 1. The van der Waals surface area contributed by atoms with Gasteiger partial charge in [-0.05, 0) is 29.7 Å². The van der Waals surface area contributed by atoms with Gasteiger partial charge in [-0.15, -0.1) is 0 Å². The van der Waals surface area contributed by atoms with Crippen molar-refractivity contribution in [2.24, 2.45) is 0 Å². The molecule has 0 fully saturated rings. The third-order valence-electron chi connectivity index (χ3n) is 3.12. The van der Waals surface area contributed by atoms with Crippen LogP contribution >= 0.6 is 0 Å². The fourth-order valence-electron chi connectivity index (χ4n) is 2.13. The molecule has 0 aliphatic carbocycles. The fourth-order valence-corrected chi connectivity index (χ4v) is 2.13. The van der Waals surface area contributed by atoms with Crippen LogP contribution < -0.4 is 4.74 Å². The SMILES string of the molecule is CC(=O)Oc1ccc(C[C@H](C(=O)O)c2ccccc2)cc1. The van der Waals surface area contributed by atoms with Gasteiger partial charge in [0.25, 0.3) is 0 Å². The zero-order valence-electron chi connectivity index (χ0n) is 11.7. The van der Waals surface area contributed by atoms with Crippen LogP contribution in [0.3, 0.4) is 0 Å². The average molecular weight is 284 g/mol. The lowest BCUT2D eigenvalue weighted by Crippen LogP contribution is -2.14. The van der Waals surface area contributed by atoms with Gasteiger partial charge in [-0.1, -0.05) is 42.5 Å². The van der Waals surface area contributed by atoms with Crippen LogP contribution in [0, 0.1) is 0 Å². The Bertz CT molecular complexity index is 617. The summed E-state index contributed by atoms with van der Waals surface area (Å²) in [5, 5.41) is 9.39. The quantitative estimate of drug-likeness (QED) is 0.677. The molecule has 0 aromatic heterocycles. The molecule has 0 aliphatic rings. The molecule has 0 bridgehead atoms. The second-order valence-electron chi connectivity index (χ2n) is 4.74. The van der Waals surface area contributed by atoms with Gasteiger partial charge in [0.15, 0.2) is 0 Å². The van der Waals surface area contributed by atoms with Crippen molar-refractivity contribution in [3.05, 3.63) is 65.7 Å². The minimum atomic E-state index is -0.856. The minimum Gasteiger partial charge on any atom is -0.481 e. The van der Waals surface area contributed by atoms with E-state index in [1.54, 1.807) is 24.3 Å². The summed E-state index contributed by atoms with van der Waals surface area (Å²) in [6.45, 7) is 1.34. The predicted octanol–water partition coefficient (Wildman–Crippen LogP) is 3.02. The molecule has 1 N–H and O–H groups in total. The molecule has 2 aromatic carbocycles. The first kappa shape index (κ1) is 14.8. The maximum Gasteiger partial charge on any atom is 0.311 e. The Morgan fingerprint density at radius 1 is 1.05 bits per heavy atom. The first-order valence-electron chi connectivity index (χ1n) is 6.61. The minimum absolute atomic E-state index is 0.379. The fraction of sp³-hybridized carbons (Fsp3) is 0.176. The number of aliphatic carboxylic acids is 1. The van der Waals surface area contributed by atoms with Crippen molar-refractivity contribution in [2.45, 2.75) is 19.3 Å². The highest BCUT2D eigenvalue weighted by atomic mass is 16.5. The van der Waals surface area contributed by atoms with E-state index in [4.69, 9.17) is 4.74 Å². The van der Waals surface area contributed by atoms with Crippen LogP contribution in [0.2, 0.25) is 0 Å². The van der Waals surface area contributed by atoms with E-state index in [2.05, 4.69) is 0 Å². The maximum atomic E-state index is 11.4. The molecule has 2 aromatic rings. The summed E-state index contributed by atoms with van der Waals surface area (Å²) in [5.74, 6) is -1.37. The lowest BCUT2D eigenvalue weighted by Gasteiger charge is -2.13. The molecule has 4 heteroatoms. The second-order valence-corrected chi connectivity index (χ2v) is 4.74. The predicted molar refractivity (Wildman–Crippen MR) is 78.3 cm³/mol. The zero-order chi connectivity index (χ0) is 15.2. The number of benzene rings is 2. The summed E-state index contributed by atoms with van der Waals surface area (Å²) in [6.07, 6.45) is 0.389. The van der Waals surface area contributed by atoms with E-state index < -0.39 is 11.9 Å². The van der Waals surface area contributed by atoms with E-state index in [0.717, 1.165) is 11.1 Å². The van der Waals surface area contributed by atoms with Crippen molar-refractivity contribution in [3.63, 3.8) is 0 Å². The summed E-state index contributed by atoms with van der Waals surface area (Å²) in [6, 6.07) is 16.0. The molecule has 2 rings (SSSR count). The number of carbonyl (C=O) groups is 2. The maximum absolute atomic E-state index is 11.4. The van der Waals surface area contributed by atoms with Crippen LogP contribution in [-0.2, 0) is 16.0 Å². The second kappa shape index (κ2) is 6.70. The summed E-state index contributed by atoms with van der Waals surface area (Å²) < 4.78 is 4.95. The highest BCUT2D eigenvalue weighted by Gasteiger charge is 2.20. The van der Waals surface area contributed by atoms with Gasteiger partial charge in [0.1, 0.15) is 5.75 Å². The first-order chi connectivity index (χ1) is 10.1. The van der Waals surface area contributed by atoms with E-state index >= 15 is 0 Å². The molecule has 108 valence electrons. The normalized spacial score (nSPS) is 11.7. The molecule has 1 atom stereocenters. The highest BCUT2D eigenvalue weighted by Crippen LogP contribution is 2.22. The van der Waals surface area contributed by atoms with Crippen LogP contribution in [0.1, 0.15) is 24.0 Å². The molecule has 0 saturated carbocycles. The van der Waals surface area contributed by atoms with Gasteiger partial charge in [-0.3, -0.25) is 9.59 Å². The third kappa shape index (κ3) is 4.18. The molecule has 0 unspecified atom stereocenters. The van der Waals surface area contributed by atoms with Crippen LogP contribution in [0.15, 0.2) is 54.6 Å². The Morgan fingerprint density at radius 3 is 2.19 bits per heavy atom. The van der Waals surface area contributed by atoms with E-state index in [1.165, 1.54) is 6.92 Å². The number of carboxylic acids is 1. The number of carboxylic acid groups (broad SMARTS) is 1. The molecule has 0 spiro atoms. The number of esters is 1. The van der Waals surface area contributed by atoms with Crippen molar-refractivity contribution in [3.8, 4) is 5.75 Å². The first-order valence-corrected chi connectivity index (χ1v) is 6.61. The largest absolute Gasteiger partial charge is 0.481 e. The molecule has 0 amide bonds. The Morgan fingerprint density at radius 2 is 1.67 bits per heavy atom. The monoisotopic (exact) mass is 284 g/mol. The number of ether oxygens (including phenoxy) is 1. The van der Waals surface area contributed by atoms with Crippen molar-refractivity contribution >= 4 is 11.9 Å². The lowest BCUT2D eigenvalue weighted by atomic mass is 9.92. The van der Waals surface area contributed by atoms with Crippen LogP contribution in [0.5, 0.6) is 5.75 Å².